The normalized spacial score (nSPS) is 12.7. The van der Waals surface area contributed by atoms with Crippen molar-refractivity contribution in [2.75, 3.05) is 11.9 Å². The fourth-order valence-corrected chi connectivity index (χ4v) is 4.22. The Morgan fingerprint density at radius 2 is 1.51 bits per heavy atom. The minimum absolute atomic E-state index is 0.218. The van der Waals surface area contributed by atoms with E-state index in [1.54, 1.807) is 6.20 Å². The molecule has 0 aliphatic rings. The van der Waals surface area contributed by atoms with Gasteiger partial charge in [0.15, 0.2) is 0 Å². The van der Waals surface area contributed by atoms with Gasteiger partial charge in [0.1, 0.15) is 11.9 Å². The highest BCUT2D eigenvalue weighted by Crippen LogP contribution is 2.25. The zero-order valence-electron chi connectivity index (χ0n) is 22.8. The molecule has 0 aliphatic heterocycles. The fraction of sp³-hybridized carbons (Fsp3) is 0.355. The molecule has 4 N–H and O–H groups in total. The minimum Gasteiger partial charge on any atom is -0.481 e. The average molecular weight is 531 g/mol. The van der Waals surface area contributed by atoms with Crippen molar-refractivity contribution < 1.29 is 19.5 Å². The Morgan fingerprint density at radius 3 is 2.13 bits per heavy atom. The van der Waals surface area contributed by atoms with Crippen LogP contribution < -0.4 is 16.0 Å². The molecule has 0 saturated carbocycles. The van der Waals surface area contributed by atoms with Crippen LogP contribution in [-0.4, -0.2) is 40.5 Å². The average Bonchev–Trinajstić information content (AvgIpc) is 2.91. The van der Waals surface area contributed by atoms with Gasteiger partial charge in [-0.2, -0.15) is 0 Å². The number of nitrogens with one attached hydrogen (secondary N) is 3. The molecule has 1 heterocycles. The molecule has 0 saturated heterocycles. The second kappa shape index (κ2) is 14.1. The molecule has 206 valence electrons. The SMILES string of the molecule is CC(C)(C)[C@@H](NC(=O)CCCCNc1ccccn1)C(=O)NC(CC(=O)O)c1ccc(-c2ccccc2)cc1. The lowest BCUT2D eigenvalue weighted by Gasteiger charge is -2.32. The first-order valence-electron chi connectivity index (χ1n) is 13.3. The number of pyridine rings is 1. The molecule has 2 atom stereocenters. The van der Waals surface area contributed by atoms with Crippen molar-refractivity contribution in [2.24, 2.45) is 5.41 Å². The third-order valence-electron chi connectivity index (χ3n) is 6.35. The highest BCUT2D eigenvalue weighted by Gasteiger charge is 2.34. The lowest BCUT2D eigenvalue weighted by atomic mass is 9.85. The number of carboxylic acids is 1. The number of anilines is 1. The number of unbranched alkanes of at least 4 members (excludes halogenated alkanes) is 1. The van der Waals surface area contributed by atoms with Gasteiger partial charge in [0.2, 0.25) is 11.8 Å². The Kier molecular flexibility index (Phi) is 10.6. The van der Waals surface area contributed by atoms with Gasteiger partial charge >= 0.3 is 5.97 Å². The summed E-state index contributed by atoms with van der Waals surface area (Å²) >= 11 is 0. The molecule has 0 bridgehead atoms. The van der Waals surface area contributed by atoms with Crippen molar-refractivity contribution in [3.05, 3.63) is 84.6 Å². The van der Waals surface area contributed by atoms with Gasteiger partial charge in [-0.1, -0.05) is 81.4 Å². The standard InChI is InChI=1S/C31H38N4O4/c1-31(2,3)29(35-27(36)14-8-10-20-33-26-13-7-9-19-32-26)30(39)34-25(21-28(37)38)24-17-15-23(16-18-24)22-11-5-4-6-12-22/h4-7,9,11-13,15-19,25,29H,8,10,14,20-21H2,1-3H3,(H,32,33)(H,34,39)(H,35,36)(H,37,38)/t25?,29-/m0/s1. The number of aliphatic carboxylic acids is 1. The highest BCUT2D eigenvalue weighted by molar-refractivity contribution is 5.89. The number of nitrogens with zero attached hydrogens (tertiary/aromatic N) is 1. The van der Waals surface area contributed by atoms with E-state index in [-0.39, 0.29) is 18.7 Å². The van der Waals surface area contributed by atoms with Crippen LogP contribution in [0.2, 0.25) is 0 Å². The summed E-state index contributed by atoms with van der Waals surface area (Å²) in [6, 6.07) is 21.4. The predicted octanol–water partition coefficient (Wildman–Crippen LogP) is 5.19. The molecular formula is C31H38N4O4. The topological polar surface area (TPSA) is 120 Å². The van der Waals surface area contributed by atoms with E-state index in [4.69, 9.17) is 0 Å². The van der Waals surface area contributed by atoms with Crippen LogP contribution in [-0.2, 0) is 14.4 Å². The number of amides is 2. The molecule has 8 nitrogen and oxygen atoms in total. The first kappa shape index (κ1) is 29.4. The summed E-state index contributed by atoms with van der Waals surface area (Å²) in [4.78, 5) is 41.9. The van der Waals surface area contributed by atoms with Gasteiger partial charge in [0.05, 0.1) is 12.5 Å². The molecule has 2 amide bonds. The van der Waals surface area contributed by atoms with Gasteiger partial charge in [0, 0.05) is 19.2 Å². The van der Waals surface area contributed by atoms with Crippen LogP contribution in [0, 0.1) is 5.41 Å². The van der Waals surface area contributed by atoms with E-state index in [1.165, 1.54) is 0 Å². The summed E-state index contributed by atoms with van der Waals surface area (Å²) in [6.07, 6.45) is 3.15. The second-order valence-electron chi connectivity index (χ2n) is 10.6. The monoisotopic (exact) mass is 530 g/mol. The molecule has 0 fully saturated rings. The largest absolute Gasteiger partial charge is 0.481 e. The maximum absolute atomic E-state index is 13.4. The van der Waals surface area contributed by atoms with E-state index < -0.39 is 29.4 Å². The van der Waals surface area contributed by atoms with Crippen molar-refractivity contribution in [3.63, 3.8) is 0 Å². The van der Waals surface area contributed by atoms with E-state index in [9.17, 15) is 19.5 Å². The zero-order valence-corrected chi connectivity index (χ0v) is 22.8. The summed E-state index contributed by atoms with van der Waals surface area (Å²) in [5.74, 6) is -0.865. The zero-order chi connectivity index (χ0) is 28.3. The fourth-order valence-electron chi connectivity index (χ4n) is 4.22. The molecule has 39 heavy (non-hydrogen) atoms. The Bertz CT molecular complexity index is 1210. The molecule has 0 aliphatic carbocycles. The summed E-state index contributed by atoms with van der Waals surface area (Å²) in [7, 11) is 0. The maximum Gasteiger partial charge on any atom is 0.305 e. The smallest absolute Gasteiger partial charge is 0.305 e. The molecule has 0 radical (unpaired) electrons. The van der Waals surface area contributed by atoms with Crippen LogP contribution in [0.1, 0.15) is 58.1 Å². The first-order chi connectivity index (χ1) is 18.6. The van der Waals surface area contributed by atoms with Crippen LogP contribution >= 0.6 is 0 Å². The van der Waals surface area contributed by atoms with Crippen LogP contribution in [0.3, 0.4) is 0 Å². The van der Waals surface area contributed by atoms with Crippen LogP contribution in [0.5, 0.6) is 0 Å². The Morgan fingerprint density at radius 1 is 0.846 bits per heavy atom. The van der Waals surface area contributed by atoms with E-state index in [2.05, 4.69) is 20.9 Å². The highest BCUT2D eigenvalue weighted by atomic mass is 16.4. The van der Waals surface area contributed by atoms with Gasteiger partial charge in [0.25, 0.3) is 0 Å². The number of aromatic nitrogens is 1. The molecule has 1 aromatic heterocycles. The molecule has 0 spiro atoms. The van der Waals surface area contributed by atoms with Crippen LogP contribution in [0.15, 0.2) is 79.0 Å². The summed E-state index contributed by atoms with van der Waals surface area (Å²) < 4.78 is 0. The van der Waals surface area contributed by atoms with E-state index >= 15 is 0 Å². The molecule has 1 unspecified atom stereocenters. The number of carboxylic acid groups (broad SMARTS) is 1. The Hall–Kier alpha value is -4.20. The molecule has 8 heteroatoms. The van der Waals surface area contributed by atoms with Crippen molar-refractivity contribution in [2.45, 2.75) is 58.5 Å². The number of rotatable bonds is 13. The summed E-state index contributed by atoms with van der Waals surface area (Å²) in [5, 5.41) is 18.5. The molecule has 2 aromatic carbocycles. The number of hydrogen-bond acceptors (Lipinski definition) is 5. The number of benzene rings is 2. The van der Waals surface area contributed by atoms with Crippen molar-refractivity contribution in [1.29, 1.82) is 0 Å². The molecular weight excluding hydrogens is 492 g/mol. The molecule has 3 rings (SSSR count). The van der Waals surface area contributed by atoms with E-state index in [0.29, 0.717) is 18.5 Å². The molecule has 3 aromatic rings. The third kappa shape index (κ3) is 9.56. The second-order valence-corrected chi connectivity index (χ2v) is 10.6. The number of carbonyl (C=O) groups is 3. The minimum atomic E-state index is -1.02. The van der Waals surface area contributed by atoms with Crippen molar-refractivity contribution >= 4 is 23.6 Å². The van der Waals surface area contributed by atoms with Gasteiger partial charge in [-0.25, -0.2) is 4.98 Å². The first-order valence-corrected chi connectivity index (χ1v) is 13.3. The quantitative estimate of drug-likeness (QED) is 0.226. The van der Waals surface area contributed by atoms with Gasteiger partial charge in [-0.15, -0.1) is 0 Å². The Labute approximate surface area is 230 Å². The van der Waals surface area contributed by atoms with Gasteiger partial charge in [-0.05, 0) is 47.1 Å². The lowest BCUT2D eigenvalue weighted by Crippen LogP contribution is -2.54. The van der Waals surface area contributed by atoms with Crippen molar-refractivity contribution in [3.8, 4) is 11.1 Å². The Balaban J connectivity index is 1.60. The van der Waals surface area contributed by atoms with E-state index in [0.717, 1.165) is 23.4 Å². The third-order valence-corrected chi connectivity index (χ3v) is 6.35. The van der Waals surface area contributed by atoms with Gasteiger partial charge < -0.3 is 21.1 Å². The van der Waals surface area contributed by atoms with Crippen molar-refractivity contribution in [1.82, 2.24) is 15.6 Å². The van der Waals surface area contributed by atoms with Crippen LogP contribution in [0.4, 0.5) is 5.82 Å². The summed E-state index contributed by atoms with van der Waals surface area (Å²) in [5.41, 5.74) is 2.15. The predicted molar refractivity (Wildman–Crippen MR) is 153 cm³/mol. The lowest BCUT2D eigenvalue weighted by molar-refractivity contribution is -0.138. The summed E-state index contributed by atoms with van der Waals surface area (Å²) in [6.45, 7) is 6.30. The van der Waals surface area contributed by atoms with Crippen LogP contribution in [0.25, 0.3) is 11.1 Å². The number of hydrogen-bond donors (Lipinski definition) is 4. The van der Waals surface area contributed by atoms with Gasteiger partial charge in [-0.3, -0.25) is 14.4 Å². The number of carbonyl (C=O) groups excluding carboxylic acids is 2. The van der Waals surface area contributed by atoms with E-state index in [1.807, 2.05) is 93.6 Å². The maximum atomic E-state index is 13.4.